The number of rotatable bonds is 3. The smallest absolute Gasteiger partial charge is 0.263 e. The fourth-order valence-electron chi connectivity index (χ4n) is 1.77. The largest absolute Gasteiger partial charge is 0.397 e. The molecule has 0 saturated heterocycles. The van der Waals surface area contributed by atoms with Crippen LogP contribution in [0.3, 0.4) is 0 Å². The van der Waals surface area contributed by atoms with Gasteiger partial charge in [0.15, 0.2) is 5.82 Å². The molecule has 0 bridgehead atoms. The molecular formula is C12H11N5O2S. The SMILES string of the molecule is Cc1nc(CNC(=O)c2sc3ncccc3c2N)no1. The first kappa shape index (κ1) is 12.5. The van der Waals surface area contributed by atoms with Crippen LogP contribution in [0.1, 0.15) is 21.4 Å². The van der Waals surface area contributed by atoms with Gasteiger partial charge < -0.3 is 15.6 Å². The molecule has 3 N–H and O–H groups in total. The minimum Gasteiger partial charge on any atom is -0.397 e. The third-order valence-electron chi connectivity index (χ3n) is 2.69. The van der Waals surface area contributed by atoms with E-state index in [4.69, 9.17) is 10.3 Å². The normalized spacial score (nSPS) is 10.8. The van der Waals surface area contributed by atoms with Gasteiger partial charge in [0.25, 0.3) is 5.91 Å². The fraction of sp³-hybridized carbons (Fsp3) is 0.167. The monoisotopic (exact) mass is 289 g/mol. The number of hydrogen-bond donors (Lipinski definition) is 2. The zero-order chi connectivity index (χ0) is 14.1. The number of fused-ring (bicyclic) bond motifs is 1. The maximum absolute atomic E-state index is 12.1. The minimum atomic E-state index is -0.270. The summed E-state index contributed by atoms with van der Waals surface area (Å²) in [4.78, 5) is 21.5. The van der Waals surface area contributed by atoms with E-state index in [1.54, 1.807) is 19.2 Å². The van der Waals surface area contributed by atoms with Crippen LogP contribution in [0.4, 0.5) is 5.69 Å². The van der Waals surface area contributed by atoms with Crippen molar-refractivity contribution in [1.82, 2.24) is 20.4 Å². The van der Waals surface area contributed by atoms with Crippen molar-refractivity contribution in [2.75, 3.05) is 5.73 Å². The Bertz CT molecular complexity index is 779. The Morgan fingerprint density at radius 1 is 1.55 bits per heavy atom. The van der Waals surface area contributed by atoms with Crippen LogP contribution >= 0.6 is 11.3 Å². The number of nitrogen functional groups attached to an aromatic ring is 1. The number of nitrogens with one attached hydrogen (secondary N) is 1. The molecule has 0 fully saturated rings. The predicted molar refractivity (Wildman–Crippen MR) is 74.2 cm³/mol. The number of anilines is 1. The van der Waals surface area contributed by atoms with Gasteiger partial charge in [0.1, 0.15) is 9.71 Å². The first-order chi connectivity index (χ1) is 9.65. The van der Waals surface area contributed by atoms with Gasteiger partial charge in [-0.1, -0.05) is 5.16 Å². The van der Waals surface area contributed by atoms with Crippen LogP contribution in [0.2, 0.25) is 0 Å². The zero-order valence-electron chi connectivity index (χ0n) is 10.6. The van der Waals surface area contributed by atoms with Gasteiger partial charge in [0.05, 0.1) is 12.2 Å². The molecule has 3 aromatic heterocycles. The molecule has 3 rings (SSSR count). The molecule has 1 amide bonds. The Morgan fingerprint density at radius 3 is 3.10 bits per heavy atom. The molecule has 3 heterocycles. The highest BCUT2D eigenvalue weighted by molar-refractivity contribution is 7.21. The predicted octanol–water partition coefficient (Wildman–Crippen LogP) is 1.50. The number of pyridine rings is 1. The highest BCUT2D eigenvalue weighted by atomic mass is 32.1. The average molecular weight is 289 g/mol. The van der Waals surface area contributed by atoms with Crippen molar-refractivity contribution in [3.8, 4) is 0 Å². The number of hydrogen-bond acceptors (Lipinski definition) is 7. The number of nitrogens with zero attached hydrogens (tertiary/aromatic N) is 3. The van der Waals surface area contributed by atoms with Crippen molar-refractivity contribution >= 4 is 33.1 Å². The summed E-state index contributed by atoms with van der Waals surface area (Å²) in [7, 11) is 0. The summed E-state index contributed by atoms with van der Waals surface area (Å²) in [5.41, 5.74) is 6.42. The maximum Gasteiger partial charge on any atom is 0.263 e. The van der Waals surface area contributed by atoms with Crippen molar-refractivity contribution in [2.45, 2.75) is 13.5 Å². The Balaban J connectivity index is 1.80. The summed E-state index contributed by atoms with van der Waals surface area (Å²) in [5, 5.41) is 7.20. The second kappa shape index (κ2) is 4.89. The molecule has 0 spiro atoms. The van der Waals surface area contributed by atoms with Gasteiger partial charge in [-0.15, -0.1) is 11.3 Å². The molecule has 3 aromatic rings. The van der Waals surface area contributed by atoms with Gasteiger partial charge in [0.2, 0.25) is 5.89 Å². The lowest BCUT2D eigenvalue weighted by Crippen LogP contribution is -2.23. The van der Waals surface area contributed by atoms with Crippen LogP contribution in [-0.2, 0) is 6.54 Å². The van der Waals surface area contributed by atoms with Gasteiger partial charge in [-0.2, -0.15) is 4.98 Å². The van der Waals surface area contributed by atoms with Gasteiger partial charge in [-0.05, 0) is 12.1 Å². The highest BCUT2D eigenvalue weighted by Crippen LogP contribution is 2.31. The van der Waals surface area contributed by atoms with Crippen molar-refractivity contribution in [3.63, 3.8) is 0 Å². The van der Waals surface area contributed by atoms with Crippen molar-refractivity contribution in [2.24, 2.45) is 0 Å². The molecule has 0 unspecified atom stereocenters. The number of thiophene rings is 1. The van der Waals surface area contributed by atoms with Gasteiger partial charge in [-0.3, -0.25) is 4.79 Å². The Kier molecular flexibility index (Phi) is 3.07. The highest BCUT2D eigenvalue weighted by Gasteiger charge is 2.17. The first-order valence-corrected chi connectivity index (χ1v) is 6.67. The Morgan fingerprint density at radius 2 is 2.40 bits per heavy atom. The minimum absolute atomic E-state index is 0.192. The molecule has 0 aliphatic carbocycles. The number of carbonyl (C=O) groups excluding carboxylic acids is 1. The van der Waals surface area contributed by atoms with Gasteiger partial charge >= 0.3 is 0 Å². The number of aromatic nitrogens is 3. The molecule has 102 valence electrons. The van der Waals surface area contributed by atoms with Crippen molar-refractivity contribution < 1.29 is 9.32 Å². The third-order valence-corrected chi connectivity index (χ3v) is 3.82. The van der Waals surface area contributed by atoms with E-state index in [0.717, 1.165) is 10.2 Å². The second-order valence-corrected chi connectivity index (χ2v) is 5.11. The molecule has 20 heavy (non-hydrogen) atoms. The van der Waals surface area contributed by atoms with Crippen LogP contribution in [0, 0.1) is 6.92 Å². The Hall–Kier alpha value is -2.48. The lowest BCUT2D eigenvalue weighted by molar-refractivity contribution is 0.0954. The second-order valence-electron chi connectivity index (χ2n) is 4.11. The first-order valence-electron chi connectivity index (χ1n) is 5.85. The van der Waals surface area contributed by atoms with E-state index < -0.39 is 0 Å². The summed E-state index contributed by atoms with van der Waals surface area (Å²) >= 11 is 1.26. The molecule has 0 saturated carbocycles. The van der Waals surface area contributed by atoms with E-state index in [1.165, 1.54) is 11.3 Å². The fourth-order valence-corrected chi connectivity index (χ4v) is 2.75. The summed E-state index contributed by atoms with van der Waals surface area (Å²) < 4.78 is 4.83. The number of carbonyl (C=O) groups is 1. The Labute approximate surface area is 117 Å². The number of nitrogens with two attached hydrogens (primary N) is 1. The molecular weight excluding hydrogens is 278 g/mol. The molecule has 8 heteroatoms. The number of amides is 1. The average Bonchev–Trinajstić information content (AvgIpc) is 3.01. The van der Waals surface area contributed by atoms with Crippen LogP contribution < -0.4 is 11.1 Å². The summed E-state index contributed by atoms with van der Waals surface area (Å²) in [5.74, 6) is 0.612. The van der Waals surface area contributed by atoms with Crippen LogP contribution in [-0.4, -0.2) is 21.0 Å². The quantitative estimate of drug-likeness (QED) is 0.756. The maximum atomic E-state index is 12.1. The van der Waals surface area contributed by atoms with Crippen LogP contribution in [0.5, 0.6) is 0 Å². The van der Waals surface area contributed by atoms with E-state index in [1.807, 2.05) is 6.07 Å². The lowest BCUT2D eigenvalue weighted by Gasteiger charge is -2.00. The molecule has 7 nitrogen and oxygen atoms in total. The van der Waals surface area contributed by atoms with Gasteiger partial charge in [-0.25, -0.2) is 4.98 Å². The molecule has 0 atom stereocenters. The summed E-state index contributed by atoms with van der Waals surface area (Å²) in [6, 6.07) is 3.63. The summed E-state index contributed by atoms with van der Waals surface area (Å²) in [6.07, 6.45) is 1.67. The standard InChI is InChI=1S/C12H11N5O2S/c1-6-16-8(17-19-6)5-15-11(18)10-9(13)7-3-2-4-14-12(7)20-10/h2-4H,5,13H2,1H3,(H,15,18). The van der Waals surface area contributed by atoms with E-state index in [9.17, 15) is 4.79 Å². The van der Waals surface area contributed by atoms with Gasteiger partial charge in [0, 0.05) is 18.5 Å². The van der Waals surface area contributed by atoms with E-state index >= 15 is 0 Å². The molecule has 0 aliphatic heterocycles. The molecule has 0 radical (unpaired) electrons. The van der Waals surface area contributed by atoms with Crippen molar-refractivity contribution in [3.05, 3.63) is 34.9 Å². The molecule has 0 aromatic carbocycles. The third kappa shape index (κ3) is 2.21. The van der Waals surface area contributed by atoms with Crippen LogP contribution in [0.15, 0.2) is 22.9 Å². The zero-order valence-corrected chi connectivity index (χ0v) is 11.4. The lowest BCUT2D eigenvalue weighted by atomic mass is 10.2. The van der Waals surface area contributed by atoms with E-state index in [-0.39, 0.29) is 12.5 Å². The summed E-state index contributed by atoms with van der Waals surface area (Å²) in [6.45, 7) is 1.88. The topological polar surface area (TPSA) is 107 Å². The number of aryl methyl sites for hydroxylation is 1. The van der Waals surface area contributed by atoms with E-state index in [0.29, 0.717) is 22.3 Å². The van der Waals surface area contributed by atoms with E-state index in [2.05, 4.69) is 20.4 Å². The van der Waals surface area contributed by atoms with Crippen molar-refractivity contribution in [1.29, 1.82) is 0 Å². The molecule has 0 aliphatic rings. The van der Waals surface area contributed by atoms with Crippen LogP contribution in [0.25, 0.3) is 10.2 Å².